The number of hydrogen-bond acceptors (Lipinski definition) is 1. The molecule has 0 saturated carbocycles. The lowest BCUT2D eigenvalue weighted by molar-refractivity contribution is 0.758. The largest absolute Gasteiger partial charge is 0.367 e. The Hall–Kier alpha value is -1.24. The van der Waals surface area contributed by atoms with Gasteiger partial charge in [-0.15, -0.1) is 0 Å². The van der Waals surface area contributed by atoms with E-state index in [1.54, 1.807) is 0 Å². The Morgan fingerprint density at radius 2 is 2.07 bits per heavy atom. The first-order chi connectivity index (χ1) is 6.68. The maximum atomic E-state index is 4.10. The smallest absolute Gasteiger partial charge is 0.0399 e. The monoisotopic (exact) mass is 187 g/mol. The van der Waals surface area contributed by atoms with Crippen molar-refractivity contribution < 1.29 is 0 Å². The fourth-order valence-corrected chi connectivity index (χ4v) is 2.03. The van der Waals surface area contributed by atoms with Crippen molar-refractivity contribution in [3.63, 3.8) is 0 Å². The highest BCUT2D eigenvalue weighted by molar-refractivity contribution is 5.55. The van der Waals surface area contributed by atoms with Gasteiger partial charge in [-0.2, -0.15) is 0 Å². The van der Waals surface area contributed by atoms with Gasteiger partial charge >= 0.3 is 0 Å². The first kappa shape index (κ1) is 9.32. The maximum absolute atomic E-state index is 4.10. The summed E-state index contributed by atoms with van der Waals surface area (Å²) in [5.41, 5.74) is 4.07. The van der Waals surface area contributed by atoms with E-state index in [0.717, 1.165) is 13.1 Å². The van der Waals surface area contributed by atoms with Gasteiger partial charge in [0.05, 0.1) is 0 Å². The molecule has 14 heavy (non-hydrogen) atoms. The first-order valence-electron chi connectivity index (χ1n) is 5.16. The van der Waals surface area contributed by atoms with Gasteiger partial charge in [0.25, 0.3) is 0 Å². The zero-order valence-corrected chi connectivity index (χ0v) is 8.96. The van der Waals surface area contributed by atoms with Gasteiger partial charge in [-0.25, -0.2) is 0 Å². The SMILES string of the molecule is C=C1CN(c2ccccc2C)C[C@@H]1C. The molecule has 0 spiro atoms. The number of nitrogens with zero attached hydrogens (tertiary/aromatic N) is 1. The lowest BCUT2D eigenvalue weighted by Crippen LogP contribution is -2.19. The minimum Gasteiger partial charge on any atom is -0.367 e. The zero-order chi connectivity index (χ0) is 10.1. The predicted molar refractivity (Wildman–Crippen MR) is 61.7 cm³/mol. The molecular weight excluding hydrogens is 170 g/mol. The van der Waals surface area contributed by atoms with Crippen molar-refractivity contribution in [1.82, 2.24) is 0 Å². The van der Waals surface area contributed by atoms with Crippen molar-refractivity contribution in [3.8, 4) is 0 Å². The van der Waals surface area contributed by atoms with E-state index >= 15 is 0 Å². The Morgan fingerprint density at radius 1 is 1.36 bits per heavy atom. The molecule has 0 amide bonds. The molecule has 1 aromatic carbocycles. The summed E-state index contributed by atoms with van der Waals surface area (Å²) in [7, 11) is 0. The molecule has 0 radical (unpaired) electrons. The Kier molecular flexibility index (Phi) is 2.32. The highest BCUT2D eigenvalue weighted by Crippen LogP contribution is 2.28. The molecular formula is C13H17N. The van der Waals surface area contributed by atoms with E-state index in [-0.39, 0.29) is 0 Å². The fraction of sp³-hybridized carbons (Fsp3) is 0.385. The summed E-state index contributed by atoms with van der Waals surface area (Å²) in [6.07, 6.45) is 0. The van der Waals surface area contributed by atoms with Crippen LogP contribution in [0.25, 0.3) is 0 Å². The summed E-state index contributed by atoms with van der Waals surface area (Å²) in [5, 5.41) is 0. The van der Waals surface area contributed by atoms with Crippen LogP contribution in [-0.2, 0) is 0 Å². The summed E-state index contributed by atoms with van der Waals surface area (Å²) < 4.78 is 0. The second kappa shape index (κ2) is 3.49. The summed E-state index contributed by atoms with van der Waals surface area (Å²) in [4.78, 5) is 2.42. The topological polar surface area (TPSA) is 3.24 Å². The first-order valence-corrected chi connectivity index (χ1v) is 5.16. The molecule has 2 rings (SSSR count). The average molecular weight is 187 g/mol. The third-order valence-electron chi connectivity index (χ3n) is 3.04. The van der Waals surface area contributed by atoms with Gasteiger partial charge in [0.2, 0.25) is 0 Å². The fourth-order valence-electron chi connectivity index (χ4n) is 2.03. The molecule has 1 saturated heterocycles. The number of aryl methyl sites for hydroxylation is 1. The number of benzene rings is 1. The van der Waals surface area contributed by atoms with Crippen molar-refractivity contribution in [2.75, 3.05) is 18.0 Å². The van der Waals surface area contributed by atoms with E-state index in [2.05, 4.69) is 49.6 Å². The molecule has 1 heterocycles. The summed E-state index contributed by atoms with van der Waals surface area (Å²) in [5.74, 6) is 0.634. The van der Waals surface area contributed by atoms with Crippen LogP contribution in [0.15, 0.2) is 36.4 Å². The van der Waals surface area contributed by atoms with E-state index in [1.807, 2.05) is 0 Å². The standard InChI is InChI=1S/C13H17N/c1-10-6-4-5-7-13(10)14-8-11(2)12(3)9-14/h4-7,12H,2,8-9H2,1,3H3/t12-/m0/s1. The van der Waals surface area contributed by atoms with Crippen LogP contribution >= 0.6 is 0 Å². The molecule has 0 bridgehead atoms. The van der Waals surface area contributed by atoms with Crippen LogP contribution in [0.2, 0.25) is 0 Å². The van der Waals surface area contributed by atoms with Gasteiger partial charge in [0.15, 0.2) is 0 Å². The normalized spacial score (nSPS) is 21.7. The highest BCUT2D eigenvalue weighted by atomic mass is 15.2. The second-order valence-corrected chi connectivity index (χ2v) is 4.23. The van der Waals surface area contributed by atoms with Crippen LogP contribution in [-0.4, -0.2) is 13.1 Å². The van der Waals surface area contributed by atoms with E-state index in [1.165, 1.54) is 16.8 Å². The summed E-state index contributed by atoms with van der Waals surface area (Å²) in [6, 6.07) is 8.56. The summed E-state index contributed by atoms with van der Waals surface area (Å²) in [6.45, 7) is 10.7. The lowest BCUT2D eigenvalue weighted by atomic mass is 10.1. The third kappa shape index (κ3) is 1.54. The van der Waals surface area contributed by atoms with Crippen LogP contribution < -0.4 is 4.90 Å². The molecule has 1 atom stereocenters. The minimum atomic E-state index is 0.634. The molecule has 1 nitrogen and oxygen atoms in total. The van der Waals surface area contributed by atoms with Crippen molar-refractivity contribution in [3.05, 3.63) is 42.0 Å². The van der Waals surface area contributed by atoms with Gasteiger partial charge in [0.1, 0.15) is 0 Å². The minimum absolute atomic E-state index is 0.634. The lowest BCUT2D eigenvalue weighted by Gasteiger charge is -2.19. The van der Waals surface area contributed by atoms with Crippen LogP contribution in [0.1, 0.15) is 12.5 Å². The Bertz CT molecular complexity index is 354. The maximum Gasteiger partial charge on any atom is 0.0399 e. The molecule has 1 fully saturated rings. The van der Waals surface area contributed by atoms with Crippen molar-refractivity contribution >= 4 is 5.69 Å². The van der Waals surface area contributed by atoms with Crippen LogP contribution in [0, 0.1) is 12.8 Å². The van der Waals surface area contributed by atoms with Gasteiger partial charge in [0, 0.05) is 18.8 Å². The Labute approximate surface area is 86.1 Å². The molecule has 0 aliphatic carbocycles. The van der Waals surface area contributed by atoms with Crippen molar-refractivity contribution in [1.29, 1.82) is 0 Å². The van der Waals surface area contributed by atoms with E-state index in [4.69, 9.17) is 0 Å². The number of anilines is 1. The van der Waals surface area contributed by atoms with E-state index < -0.39 is 0 Å². The molecule has 1 heteroatoms. The zero-order valence-electron chi connectivity index (χ0n) is 8.96. The Balaban J connectivity index is 2.25. The average Bonchev–Trinajstić information content (AvgIpc) is 2.48. The number of hydrogen-bond donors (Lipinski definition) is 0. The molecule has 1 aliphatic rings. The molecule has 0 aromatic heterocycles. The van der Waals surface area contributed by atoms with Gasteiger partial charge in [-0.05, 0) is 24.5 Å². The molecule has 0 unspecified atom stereocenters. The van der Waals surface area contributed by atoms with Crippen molar-refractivity contribution in [2.24, 2.45) is 5.92 Å². The second-order valence-electron chi connectivity index (χ2n) is 4.23. The van der Waals surface area contributed by atoms with Crippen LogP contribution in [0.5, 0.6) is 0 Å². The number of rotatable bonds is 1. The summed E-state index contributed by atoms with van der Waals surface area (Å²) >= 11 is 0. The predicted octanol–water partition coefficient (Wildman–Crippen LogP) is 3.01. The molecule has 74 valence electrons. The number of para-hydroxylation sites is 1. The van der Waals surface area contributed by atoms with Crippen LogP contribution in [0.3, 0.4) is 0 Å². The van der Waals surface area contributed by atoms with Gasteiger partial charge < -0.3 is 4.90 Å². The van der Waals surface area contributed by atoms with E-state index in [0.29, 0.717) is 5.92 Å². The van der Waals surface area contributed by atoms with Gasteiger partial charge in [-0.3, -0.25) is 0 Å². The van der Waals surface area contributed by atoms with Crippen molar-refractivity contribution in [2.45, 2.75) is 13.8 Å². The van der Waals surface area contributed by atoms with Crippen LogP contribution in [0.4, 0.5) is 5.69 Å². The van der Waals surface area contributed by atoms with Gasteiger partial charge in [-0.1, -0.05) is 37.3 Å². The van der Waals surface area contributed by atoms with E-state index in [9.17, 15) is 0 Å². The third-order valence-corrected chi connectivity index (χ3v) is 3.04. The molecule has 1 aromatic rings. The highest BCUT2D eigenvalue weighted by Gasteiger charge is 2.22. The Morgan fingerprint density at radius 3 is 2.64 bits per heavy atom. The quantitative estimate of drug-likeness (QED) is 0.611. The molecule has 0 N–H and O–H groups in total. The molecule has 1 aliphatic heterocycles.